The van der Waals surface area contributed by atoms with E-state index >= 15 is 0 Å². The highest BCUT2D eigenvalue weighted by atomic mass is 19.1. The second kappa shape index (κ2) is 6.52. The molecule has 118 valence electrons. The number of carbonyl (C=O) groups excluding carboxylic acids is 1. The van der Waals surface area contributed by atoms with Crippen LogP contribution >= 0.6 is 0 Å². The Bertz CT molecular complexity index is 771. The first-order valence-corrected chi connectivity index (χ1v) is 7.25. The van der Waals surface area contributed by atoms with Crippen molar-refractivity contribution in [1.82, 2.24) is 0 Å². The Labute approximate surface area is 133 Å². The van der Waals surface area contributed by atoms with Crippen molar-refractivity contribution in [3.63, 3.8) is 0 Å². The Morgan fingerprint density at radius 2 is 2.13 bits per heavy atom. The maximum Gasteiger partial charge on any atom is 0.255 e. The molecule has 1 amide bonds. The van der Waals surface area contributed by atoms with Crippen molar-refractivity contribution in [3.05, 3.63) is 65.5 Å². The number of benzene rings is 2. The van der Waals surface area contributed by atoms with E-state index in [1.165, 1.54) is 18.2 Å². The van der Waals surface area contributed by atoms with E-state index < -0.39 is 5.82 Å². The van der Waals surface area contributed by atoms with Crippen molar-refractivity contribution in [1.29, 1.82) is 0 Å². The number of nitrogens with one attached hydrogen (secondary N) is 1. The zero-order valence-electron chi connectivity index (χ0n) is 12.6. The summed E-state index contributed by atoms with van der Waals surface area (Å²) in [5.41, 5.74) is 1.28. The van der Waals surface area contributed by atoms with Crippen LogP contribution in [0.2, 0.25) is 0 Å². The molecule has 0 radical (unpaired) electrons. The summed E-state index contributed by atoms with van der Waals surface area (Å²) in [5, 5.41) is 2.77. The third-order valence-corrected chi connectivity index (χ3v) is 3.53. The highest BCUT2D eigenvalue weighted by Crippen LogP contribution is 2.26. The third kappa shape index (κ3) is 3.34. The van der Waals surface area contributed by atoms with Crippen molar-refractivity contribution in [2.45, 2.75) is 6.42 Å². The zero-order valence-corrected chi connectivity index (χ0v) is 12.6. The van der Waals surface area contributed by atoms with Crippen LogP contribution in [0.15, 0.2) is 48.5 Å². The number of hydrogen-bond acceptors (Lipinski definition) is 3. The number of rotatable bonds is 4. The number of methoxy groups -OCH3 is 1. The standard InChI is InChI=1S/C18H16FNO3/c1-22-14-5-2-4-13(11-14)20-18(21)12-7-8-16(19)15(10-12)17-6-3-9-23-17/h2,4-8,10-11H,3,9H2,1H3,(H,20,21). The van der Waals surface area contributed by atoms with Gasteiger partial charge in [-0.1, -0.05) is 6.07 Å². The van der Waals surface area contributed by atoms with Gasteiger partial charge in [0.2, 0.25) is 0 Å². The van der Waals surface area contributed by atoms with Gasteiger partial charge < -0.3 is 14.8 Å². The SMILES string of the molecule is COc1cccc(NC(=O)c2ccc(F)c(C3=CCCO3)c2)c1. The number of anilines is 1. The summed E-state index contributed by atoms with van der Waals surface area (Å²) in [6.07, 6.45) is 2.57. The van der Waals surface area contributed by atoms with Crippen LogP contribution in [0.4, 0.5) is 10.1 Å². The Morgan fingerprint density at radius 1 is 1.26 bits per heavy atom. The van der Waals surface area contributed by atoms with Gasteiger partial charge >= 0.3 is 0 Å². The van der Waals surface area contributed by atoms with E-state index in [9.17, 15) is 9.18 Å². The molecule has 5 heteroatoms. The Morgan fingerprint density at radius 3 is 2.87 bits per heavy atom. The van der Waals surface area contributed by atoms with Gasteiger partial charge in [-0.3, -0.25) is 4.79 Å². The molecule has 2 aromatic carbocycles. The molecule has 0 saturated carbocycles. The molecule has 0 aliphatic carbocycles. The van der Waals surface area contributed by atoms with Crippen molar-refractivity contribution in [2.75, 3.05) is 19.0 Å². The molecule has 0 atom stereocenters. The van der Waals surface area contributed by atoms with Gasteiger partial charge in [0.1, 0.15) is 17.3 Å². The average molecular weight is 313 g/mol. The first-order chi connectivity index (χ1) is 11.2. The fourth-order valence-electron chi connectivity index (χ4n) is 2.36. The Balaban J connectivity index is 1.83. The number of halogens is 1. The van der Waals surface area contributed by atoms with E-state index in [0.29, 0.717) is 34.9 Å². The van der Waals surface area contributed by atoms with Gasteiger partial charge in [-0.15, -0.1) is 0 Å². The molecule has 1 aliphatic heterocycles. The van der Waals surface area contributed by atoms with E-state index in [4.69, 9.17) is 9.47 Å². The van der Waals surface area contributed by atoms with Gasteiger partial charge in [0.05, 0.1) is 19.3 Å². The van der Waals surface area contributed by atoms with Gasteiger partial charge in [-0.2, -0.15) is 0 Å². The second-order valence-corrected chi connectivity index (χ2v) is 5.09. The van der Waals surface area contributed by atoms with Gasteiger partial charge in [0, 0.05) is 23.7 Å². The van der Waals surface area contributed by atoms with Crippen LogP contribution in [-0.4, -0.2) is 19.6 Å². The third-order valence-electron chi connectivity index (χ3n) is 3.53. The highest BCUT2D eigenvalue weighted by Gasteiger charge is 2.16. The van der Waals surface area contributed by atoms with E-state index in [-0.39, 0.29) is 5.91 Å². The van der Waals surface area contributed by atoms with Crippen molar-refractivity contribution >= 4 is 17.4 Å². The van der Waals surface area contributed by atoms with Gasteiger partial charge in [-0.05, 0) is 36.4 Å². The molecular weight excluding hydrogens is 297 g/mol. The summed E-state index contributed by atoms with van der Waals surface area (Å²) in [6.45, 7) is 0.537. The Hall–Kier alpha value is -2.82. The quantitative estimate of drug-likeness (QED) is 0.932. The summed E-state index contributed by atoms with van der Waals surface area (Å²) < 4.78 is 24.4. The summed E-state index contributed by atoms with van der Waals surface area (Å²) in [6, 6.07) is 11.3. The number of amides is 1. The lowest BCUT2D eigenvalue weighted by Gasteiger charge is -2.10. The molecule has 1 aliphatic rings. The lowest BCUT2D eigenvalue weighted by Crippen LogP contribution is -2.12. The fourth-order valence-corrected chi connectivity index (χ4v) is 2.36. The maximum absolute atomic E-state index is 13.9. The minimum absolute atomic E-state index is 0.306. The average Bonchev–Trinajstić information content (AvgIpc) is 3.09. The number of carbonyl (C=O) groups is 1. The molecule has 0 aromatic heterocycles. The maximum atomic E-state index is 13.9. The van der Waals surface area contributed by atoms with Crippen LogP contribution in [0.5, 0.6) is 5.75 Å². The number of ether oxygens (including phenoxy) is 2. The molecule has 1 heterocycles. The van der Waals surface area contributed by atoms with Crippen LogP contribution in [0, 0.1) is 5.82 Å². The molecule has 0 unspecified atom stereocenters. The van der Waals surface area contributed by atoms with Crippen molar-refractivity contribution in [2.24, 2.45) is 0 Å². The largest absolute Gasteiger partial charge is 0.497 e. The lowest BCUT2D eigenvalue weighted by molar-refractivity contribution is 0.102. The monoisotopic (exact) mass is 313 g/mol. The molecule has 3 rings (SSSR count). The van der Waals surface area contributed by atoms with Gasteiger partial charge in [-0.25, -0.2) is 4.39 Å². The van der Waals surface area contributed by atoms with Crippen molar-refractivity contribution in [3.8, 4) is 5.75 Å². The molecule has 4 nitrogen and oxygen atoms in total. The Kier molecular flexibility index (Phi) is 4.28. The number of hydrogen-bond donors (Lipinski definition) is 1. The van der Waals surface area contributed by atoms with Gasteiger partial charge in [0.25, 0.3) is 5.91 Å². The molecule has 0 saturated heterocycles. The summed E-state index contributed by atoms with van der Waals surface area (Å²) in [5.74, 6) is 0.403. The molecular formula is C18H16FNO3. The first kappa shape index (κ1) is 15.1. The minimum atomic E-state index is -0.406. The van der Waals surface area contributed by atoms with Crippen LogP contribution in [0.25, 0.3) is 5.76 Å². The summed E-state index contributed by atoms with van der Waals surface area (Å²) in [4.78, 5) is 12.4. The van der Waals surface area contributed by atoms with E-state index in [0.717, 1.165) is 6.42 Å². The molecule has 23 heavy (non-hydrogen) atoms. The van der Waals surface area contributed by atoms with E-state index in [1.807, 2.05) is 6.08 Å². The molecule has 1 N–H and O–H groups in total. The fraction of sp³-hybridized carbons (Fsp3) is 0.167. The first-order valence-electron chi connectivity index (χ1n) is 7.25. The summed E-state index contributed by atoms with van der Waals surface area (Å²) >= 11 is 0. The molecule has 0 bridgehead atoms. The highest BCUT2D eigenvalue weighted by molar-refractivity contribution is 6.04. The van der Waals surface area contributed by atoms with Crippen LogP contribution in [0.3, 0.4) is 0 Å². The van der Waals surface area contributed by atoms with Crippen LogP contribution < -0.4 is 10.1 Å². The molecule has 2 aromatic rings. The predicted molar refractivity (Wildman–Crippen MR) is 85.9 cm³/mol. The van der Waals surface area contributed by atoms with Crippen LogP contribution in [0.1, 0.15) is 22.3 Å². The lowest BCUT2D eigenvalue weighted by atomic mass is 10.1. The second-order valence-electron chi connectivity index (χ2n) is 5.09. The summed E-state index contributed by atoms with van der Waals surface area (Å²) in [7, 11) is 1.56. The van der Waals surface area contributed by atoms with Gasteiger partial charge in [0.15, 0.2) is 0 Å². The molecule has 0 fully saturated rings. The van der Waals surface area contributed by atoms with E-state index in [2.05, 4.69) is 5.32 Å². The molecule has 0 spiro atoms. The zero-order chi connectivity index (χ0) is 16.2. The topological polar surface area (TPSA) is 47.6 Å². The smallest absolute Gasteiger partial charge is 0.255 e. The van der Waals surface area contributed by atoms with E-state index in [1.54, 1.807) is 31.4 Å². The van der Waals surface area contributed by atoms with Crippen molar-refractivity contribution < 1.29 is 18.7 Å². The minimum Gasteiger partial charge on any atom is -0.497 e. The van der Waals surface area contributed by atoms with Crippen LogP contribution in [-0.2, 0) is 4.74 Å². The normalized spacial score (nSPS) is 13.2. The predicted octanol–water partition coefficient (Wildman–Crippen LogP) is 3.85.